The van der Waals surface area contributed by atoms with Crippen LogP contribution in [0.4, 0.5) is 13.2 Å². The van der Waals surface area contributed by atoms with E-state index >= 15 is 0 Å². The molecule has 3 rings (SSSR count). The van der Waals surface area contributed by atoms with Gasteiger partial charge in [-0.3, -0.25) is 20.4 Å². The lowest BCUT2D eigenvalue weighted by molar-refractivity contribution is -0.137. The number of ether oxygens (including phenoxy) is 2. The molecule has 1 aliphatic rings. The number of hydrogen-bond donors (Lipinski definition) is 2. The van der Waals surface area contributed by atoms with Crippen molar-refractivity contribution in [2.24, 2.45) is 0 Å². The number of benzene rings is 2. The predicted molar refractivity (Wildman–Crippen MR) is 93.1 cm³/mol. The molecule has 2 N–H and O–H groups in total. The molecule has 0 saturated carbocycles. The molecule has 28 heavy (non-hydrogen) atoms. The molecule has 2 aromatic rings. The van der Waals surface area contributed by atoms with Crippen LogP contribution in [0, 0.1) is 0 Å². The third kappa shape index (κ3) is 4.81. The van der Waals surface area contributed by atoms with Crippen molar-refractivity contribution in [1.29, 1.82) is 0 Å². The summed E-state index contributed by atoms with van der Waals surface area (Å²) in [6.45, 7) is -0.0138. The molecule has 0 aromatic heterocycles. The van der Waals surface area contributed by atoms with E-state index in [9.17, 15) is 22.8 Å². The third-order valence-electron chi connectivity index (χ3n) is 3.78. The number of carbonyl (C=O) groups is 2. The van der Waals surface area contributed by atoms with Crippen molar-refractivity contribution < 1.29 is 32.2 Å². The van der Waals surface area contributed by atoms with Gasteiger partial charge in [-0.15, -0.1) is 0 Å². The van der Waals surface area contributed by atoms with Gasteiger partial charge in [-0.1, -0.05) is 24.3 Å². The lowest BCUT2D eigenvalue weighted by atomic mass is 10.1. The van der Waals surface area contributed by atoms with Crippen molar-refractivity contribution in [3.05, 3.63) is 65.7 Å². The first kappa shape index (κ1) is 19.3. The van der Waals surface area contributed by atoms with Crippen LogP contribution in [0.15, 0.2) is 54.6 Å². The molecule has 1 heterocycles. The molecule has 0 radical (unpaired) electrons. The number of hydrogen-bond acceptors (Lipinski definition) is 4. The zero-order valence-corrected chi connectivity index (χ0v) is 14.3. The van der Waals surface area contributed by atoms with Crippen LogP contribution < -0.4 is 20.3 Å². The number of nitrogens with one attached hydrogen (secondary N) is 2. The Kier molecular flexibility index (Phi) is 5.53. The van der Waals surface area contributed by atoms with Crippen LogP contribution in [0.25, 0.3) is 6.08 Å². The van der Waals surface area contributed by atoms with Crippen molar-refractivity contribution in [1.82, 2.24) is 10.9 Å². The number of fused-ring (bicyclic) bond motifs is 1. The molecule has 6 nitrogen and oxygen atoms in total. The van der Waals surface area contributed by atoms with E-state index in [0.29, 0.717) is 17.1 Å². The largest absolute Gasteiger partial charge is 0.485 e. The van der Waals surface area contributed by atoms with E-state index in [4.69, 9.17) is 9.47 Å². The fraction of sp³-hybridized carbons (Fsp3) is 0.158. The Bertz CT molecular complexity index is 895. The summed E-state index contributed by atoms with van der Waals surface area (Å²) in [5.74, 6) is -0.325. The highest BCUT2D eigenvalue weighted by Gasteiger charge is 2.30. The van der Waals surface area contributed by atoms with Crippen LogP contribution in [-0.4, -0.2) is 24.5 Å². The lowest BCUT2D eigenvalue weighted by Gasteiger charge is -2.25. The Morgan fingerprint density at radius 1 is 1.00 bits per heavy atom. The Morgan fingerprint density at radius 2 is 1.68 bits per heavy atom. The summed E-state index contributed by atoms with van der Waals surface area (Å²) in [5, 5.41) is 0. The van der Waals surface area contributed by atoms with E-state index in [0.717, 1.165) is 18.2 Å². The molecular formula is C19H15F3N2O4. The van der Waals surface area contributed by atoms with Gasteiger partial charge in [-0.25, -0.2) is 0 Å². The normalized spacial score (nSPS) is 15.9. The lowest BCUT2D eigenvalue weighted by Crippen LogP contribution is -2.50. The van der Waals surface area contributed by atoms with E-state index in [2.05, 4.69) is 10.9 Å². The second-order valence-electron chi connectivity index (χ2n) is 5.80. The van der Waals surface area contributed by atoms with Crippen molar-refractivity contribution >= 4 is 17.9 Å². The predicted octanol–water partition coefficient (Wildman–Crippen LogP) is 2.71. The Morgan fingerprint density at radius 3 is 2.36 bits per heavy atom. The first-order valence-electron chi connectivity index (χ1n) is 8.16. The minimum absolute atomic E-state index is 0.0138. The Balaban J connectivity index is 1.49. The van der Waals surface area contributed by atoms with E-state index in [1.165, 1.54) is 18.2 Å². The number of halogens is 3. The molecule has 0 aliphatic carbocycles. The van der Waals surface area contributed by atoms with Crippen LogP contribution in [0.5, 0.6) is 11.5 Å². The van der Waals surface area contributed by atoms with Gasteiger partial charge in [0.15, 0.2) is 11.5 Å². The first-order chi connectivity index (χ1) is 13.3. The second-order valence-corrected chi connectivity index (χ2v) is 5.80. The van der Waals surface area contributed by atoms with Crippen LogP contribution in [0.1, 0.15) is 11.1 Å². The molecule has 146 valence electrons. The van der Waals surface area contributed by atoms with Crippen LogP contribution in [0.2, 0.25) is 0 Å². The number of para-hydroxylation sites is 2. The van der Waals surface area contributed by atoms with Gasteiger partial charge in [0.2, 0.25) is 6.10 Å². The molecule has 0 fully saturated rings. The number of hydrazine groups is 1. The highest BCUT2D eigenvalue weighted by molar-refractivity contribution is 5.93. The van der Waals surface area contributed by atoms with Gasteiger partial charge in [-0.2, -0.15) is 13.2 Å². The highest BCUT2D eigenvalue weighted by atomic mass is 19.4. The Labute approximate surface area is 157 Å². The molecular weight excluding hydrogens is 377 g/mol. The van der Waals surface area contributed by atoms with Gasteiger partial charge in [0.1, 0.15) is 6.61 Å². The molecule has 1 atom stereocenters. The van der Waals surface area contributed by atoms with E-state index in [1.807, 2.05) is 0 Å². The number of rotatable bonds is 3. The van der Waals surface area contributed by atoms with Gasteiger partial charge in [0.05, 0.1) is 5.56 Å². The van der Waals surface area contributed by atoms with Crippen molar-refractivity contribution in [3.63, 3.8) is 0 Å². The van der Waals surface area contributed by atoms with Crippen molar-refractivity contribution in [3.8, 4) is 11.5 Å². The topological polar surface area (TPSA) is 76.7 Å². The average molecular weight is 392 g/mol. The molecule has 2 amide bonds. The van der Waals surface area contributed by atoms with Crippen molar-refractivity contribution in [2.45, 2.75) is 12.3 Å². The third-order valence-corrected chi connectivity index (χ3v) is 3.78. The Hall–Kier alpha value is -3.49. The smallest absolute Gasteiger partial charge is 0.416 e. The number of carbonyl (C=O) groups excluding carboxylic acids is 2. The van der Waals surface area contributed by atoms with Gasteiger partial charge in [-0.05, 0) is 35.9 Å². The van der Waals surface area contributed by atoms with Gasteiger partial charge in [0, 0.05) is 6.08 Å². The minimum atomic E-state index is -4.42. The summed E-state index contributed by atoms with van der Waals surface area (Å²) in [6, 6.07) is 11.2. The summed E-state index contributed by atoms with van der Waals surface area (Å²) < 4.78 is 48.4. The maximum Gasteiger partial charge on any atom is 0.416 e. The maximum atomic E-state index is 12.5. The fourth-order valence-electron chi connectivity index (χ4n) is 2.35. The molecule has 0 spiro atoms. The highest BCUT2D eigenvalue weighted by Crippen LogP contribution is 2.31. The molecule has 1 aliphatic heterocycles. The zero-order valence-electron chi connectivity index (χ0n) is 14.3. The zero-order chi connectivity index (χ0) is 20.1. The average Bonchev–Trinajstić information content (AvgIpc) is 2.69. The SMILES string of the molecule is O=C(/C=C/c1ccc(C(F)(F)F)cc1)NNC(=O)C1COc2ccccc2O1. The summed E-state index contributed by atoms with van der Waals surface area (Å²) in [6.07, 6.45) is -2.96. The molecule has 0 saturated heterocycles. The van der Waals surface area contributed by atoms with Gasteiger partial charge >= 0.3 is 6.18 Å². The van der Waals surface area contributed by atoms with E-state index < -0.39 is 29.7 Å². The summed E-state index contributed by atoms with van der Waals surface area (Å²) >= 11 is 0. The minimum Gasteiger partial charge on any atom is -0.485 e. The summed E-state index contributed by atoms with van der Waals surface area (Å²) in [4.78, 5) is 23.8. The molecule has 1 unspecified atom stereocenters. The molecule has 2 aromatic carbocycles. The summed E-state index contributed by atoms with van der Waals surface area (Å²) in [7, 11) is 0. The van der Waals surface area contributed by atoms with Crippen LogP contribution in [-0.2, 0) is 15.8 Å². The van der Waals surface area contributed by atoms with E-state index in [1.54, 1.807) is 24.3 Å². The standard InChI is InChI=1S/C19H15F3N2O4/c20-19(21,22)13-8-5-12(6-9-13)7-10-17(25)23-24-18(26)16-11-27-14-3-1-2-4-15(14)28-16/h1-10,16H,11H2,(H,23,25)(H,24,26)/b10-7+. The van der Waals surface area contributed by atoms with Crippen molar-refractivity contribution in [2.75, 3.05) is 6.61 Å². The monoisotopic (exact) mass is 392 g/mol. The fourth-order valence-corrected chi connectivity index (χ4v) is 2.35. The van der Waals surface area contributed by atoms with Gasteiger partial charge < -0.3 is 9.47 Å². The van der Waals surface area contributed by atoms with Crippen LogP contribution in [0.3, 0.4) is 0 Å². The molecule has 0 bridgehead atoms. The molecule has 9 heteroatoms. The quantitative estimate of drug-likeness (QED) is 0.622. The second kappa shape index (κ2) is 8.03. The van der Waals surface area contributed by atoms with Crippen LogP contribution >= 0.6 is 0 Å². The van der Waals surface area contributed by atoms with Gasteiger partial charge in [0.25, 0.3) is 11.8 Å². The maximum absolute atomic E-state index is 12.5. The number of alkyl halides is 3. The first-order valence-corrected chi connectivity index (χ1v) is 8.16. The number of amides is 2. The van der Waals surface area contributed by atoms with E-state index in [-0.39, 0.29) is 6.61 Å². The summed E-state index contributed by atoms with van der Waals surface area (Å²) in [5.41, 5.74) is 3.99.